The van der Waals surface area contributed by atoms with Crippen LogP contribution in [-0.2, 0) is 22.7 Å². The van der Waals surface area contributed by atoms with Crippen molar-refractivity contribution in [2.75, 3.05) is 7.11 Å². The van der Waals surface area contributed by atoms with E-state index >= 15 is 0 Å². The molecule has 98 valence electrons. The van der Waals surface area contributed by atoms with Crippen molar-refractivity contribution in [3.05, 3.63) is 65.5 Å². The van der Waals surface area contributed by atoms with Crippen LogP contribution in [0.2, 0.25) is 0 Å². The molecule has 0 aliphatic carbocycles. The highest BCUT2D eigenvalue weighted by molar-refractivity contribution is 5.89. The Kier molecular flexibility index (Phi) is 4.64. The second-order valence-corrected chi connectivity index (χ2v) is 4.04. The van der Waals surface area contributed by atoms with Crippen molar-refractivity contribution in [2.45, 2.75) is 13.2 Å². The molecule has 0 spiro atoms. The van der Waals surface area contributed by atoms with Crippen molar-refractivity contribution in [3.8, 4) is 0 Å². The molecular formula is C15H15NO3. The van der Waals surface area contributed by atoms with Crippen LogP contribution in [0.15, 0.2) is 48.8 Å². The van der Waals surface area contributed by atoms with Crippen LogP contribution in [-0.4, -0.2) is 18.1 Å². The van der Waals surface area contributed by atoms with E-state index in [9.17, 15) is 4.79 Å². The molecule has 1 aromatic heterocycles. The monoisotopic (exact) mass is 257 g/mol. The molecule has 0 saturated heterocycles. The molecule has 0 atom stereocenters. The van der Waals surface area contributed by atoms with E-state index in [0.29, 0.717) is 18.8 Å². The minimum atomic E-state index is -0.331. The Balaban J connectivity index is 1.85. The van der Waals surface area contributed by atoms with Gasteiger partial charge in [-0.05, 0) is 29.3 Å². The number of benzene rings is 1. The smallest absolute Gasteiger partial charge is 0.337 e. The van der Waals surface area contributed by atoms with E-state index in [4.69, 9.17) is 4.74 Å². The summed E-state index contributed by atoms with van der Waals surface area (Å²) in [5, 5.41) is 0. The summed E-state index contributed by atoms with van der Waals surface area (Å²) in [4.78, 5) is 15.3. The highest BCUT2D eigenvalue weighted by Gasteiger charge is 2.04. The van der Waals surface area contributed by atoms with Crippen LogP contribution < -0.4 is 0 Å². The summed E-state index contributed by atoms with van der Waals surface area (Å²) in [7, 11) is 1.37. The van der Waals surface area contributed by atoms with Gasteiger partial charge in [-0.2, -0.15) is 0 Å². The molecule has 0 unspecified atom stereocenters. The Bertz CT molecular complexity index is 523. The van der Waals surface area contributed by atoms with Gasteiger partial charge in [-0.25, -0.2) is 4.79 Å². The van der Waals surface area contributed by atoms with E-state index < -0.39 is 0 Å². The first-order chi connectivity index (χ1) is 9.29. The Morgan fingerprint density at radius 3 is 2.47 bits per heavy atom. The molecule has 4 nitrogen and oxygen atoms in total. The molecule has 0 amide bonds. The molecule has 0 bridgehead atoms. The standard InChI is InChI=1S/C15H15NO3/c1-18-15(17)14-6-4-12(5-7-14)10-19-11-13-3-2-8-16-9-13/h2-9H,10-11H2,1H3. The molecule has 1 aromatic carbocycles. The normalized spacial score (nSPS) is 10.2. The van der Waals surface area contributed by atoms with Gasteiger partial charge in [0.15, 0.2) is 0 Å². The minimum absolute atomic E-state index is 0.331. The molecule has 0 saturated carbocycles. The number of methoxy groups -OCH3 is 1. The molecule has 0 aliphatic heterocycles. The van der Waals surface area contributed by atoms with Crippen molar-refractivity contribution in [1.29, 1.82) is 0 Å². The van der Waals surface area contributed by atoms with Crippen molar-refractivity contribution < 1.29 is 14.3 Å². The third kappa shape index (κ3) is 3.89. The van der Waals surface area contributed by atoms with Gasteiger partial charge in [0.1, 0.15) is 0 Å². The van der Waals surface area contributed by atoms with Crippen LogP contribution in [0.3, 0.4) is 0 Å². The van der Waals surface area contributed by atoms with Gasteiger partial charge in [0.05, 0.1) is 25.9 Å². The second-order valence-electron chi connectivity index (χ2n) is 4.04. The summed E-state index contributed by atoms with van der Waals surface area (Å²) in [6, 6.07) is 11.0. The van der Waals surface area contributed by atoms with E-state index in [1.807, 2.05) is 24.3 Å². The zero-order valence-electron chi connectivity index (χ0n) is 10.7. The lowest BCUT2D eigenvalue weighted by atomic mass is 10.1. The maximum absolute atomic E-state index is 11.3. The maximum atomic E-state index is 11.3. The number of esters is 1. The summed E-state index contributed by atoms with van der Waals surface area (Å²) < 4.78 is 10.2. The third-order valence-corrected chi connectivity index (χ3v) is 2.64. The number of pyridine rings is 1. The zero-order chi connectivity index (χ0) is 13.5. The molecule has 2 rings (SSSR count). The number of hydrogen-bond acceptors (Lipinski definition) is 4. The number of ether oxygens (including phenoxy) is 2. The molecule has 0 fully saturated rings. The molecule has 2 aromatic rings. The SMILES string of the molecule is COC(=O)c1ccc(COCc2cccnc2)cc1. The van der Waals surface area contributed by atoms with Crippen molar-refractivity contribution in [3.63, 3.8) is 0 Å². The first-order valence-corrected chi connectivity index (χ1v) is 5.93. The first-order valence-electron chi connectivity index (χ1n) is 5.93. The Morgan fingerprint density at radius 1 is 1.11 bits per heavy atom. The molecular weight excluding hydrogens is 242 g/mol. The van der Waals surface area contributed by atoms with Crippen LogP contribution in [0.25, 0.3) is 0 Å². The van der Waals surface area contributed by atoms with Gasteiger partial charge in [-0.1, -0.05) is 18.2 Å². The van der Waals surface area contributed by atoms with Gasteiger partial charge in [0.2, 0.25) is 0 Å². The van der Waals surface area contributed by atoms with Gasteiger partial charge >= 0.3 is 5.97 Å². The predicted molar refractivity (Wildman–Crippen MR) is 70.5 cm³/mol. The Morgan fingerprint density at radius 2 is 1.84 bits per heavy atom. The molecule has 4 heteroatoms. The van der Waals surface area contributed by atoms with Crippen LogP contribution in [0.5, 0.6) is 0 Å². The summed E-state index contributed by atoms with van der Waals surface area (Å²) in [6.45, 7) is 1.02. The summed E-state index contributed by atoms with van der Waals surface area (Å²) in [5.41, 5.74) is 2.59. The molecule has 1 heterocycles. The summed E-state index contributed by atoms with van der Waals surface area (Å²) in [6.07, 6.45) is 3.51. The topological polar surface area (TPSA) is 48.4 Å². The van der Waals surface area contributed by atoms with Gasteiger partial charge < -0.3 is 9.47 Å². The lowest BCUT2D eigenvalue weighted by molar-refractivity contribution is 0.0600. The van der Waals surface area contributed by atoms with Crippen LogP contribution in [0, 0.1) is 0 Å². The fourth-order valence-electron chi connectivity index (χ4n) is 1.63. The first kappa shape index (κ1) is 13.2. The number of carbonyl (C=O) groups is 1. The lowest BCUT2D eigenvalue weighted by Gasteiger charge is -2.05. The molecule has 0 aliphatic rings. The number of aromatic nitrogens is 1. The van der Waals surface area contributed by atoms with Crippen molar-refractivity contribution >= 4 is 5.97 Å². The molecule has 0 N–H and O–H groups in total. The highest BCUT2D eigenvalue weighted by Crippen LogP contribution is 2.08. The Labute approximate surface area is 112 Å². The number of nitrogens with zero attached hydrogens (tertiary/aromatic N) is 1. The van der Waals surface area contributed by atoms with Crippen LogP contribution >= 0.6 is 0 Å². The average Bonchev–Trinajstić information content (AvgIpc) is 2.48. The number of rotatable bonds is 5. The fraction of sp³-hybridized carbons (Fsp3) is 0.200. The largest absolute Gasteiger partial charge is 0.465 e. The molecule has 19 heavy (non-hydrogen) atoms. The van der Waals surface area contributed by atoms with E-state index in [1.54, 1.807) is 24.5 Å². The van der Waals surface area contributed by atoms with Crippen LogP contribution in [0.1, 0.15) is 21.5 Å². The van der Waals surface area contributed by atoms with E-state index in [1.165, 1.54) is 7.11 Å². The number of carbonyl (C=O) groups excluding carboxylic acids is 1. The highest BCUT2D eigenvalue weighted by atomic mass is 16.5. The average molecular weight is 257 g/mol. The maximum Gasteiger partial charge on any atom is 0.337 e. The molecule has 0 radical (unpaired) electrons. The predicted octanol–water partition coefficient (Wildman–Crippen LogP) is 2.59. The summed E-state index contributed by atoms with van der Waals surface area (Å²) >= 11 is 0. The van der Waals surface area contributed by atoms with Crippen molar-refractivity contribution in [1.82, 2.24) is 4.98 Å². The summed E-state index contributed by atoms with van der Waals surface area (Å²) in [5.74, 6) is -0.331. The zero-order valence-corrected chi connectivity index (χ0v) is 10.7. The Hall–Kier alpha value is -2.20. The second kappa shape index (κ2) is 6.66. The van der Waals surface area contributed by atoms with Gasteiger partial charge in [0.25, 0.3) is 0 Å². The quantitative estimate of drug-likeness (QED) is 0.772. The van der Waals surface area contributed by atoms with Gasteiger partial charge in [-0.3, -0.25) is 4.98 Å². The van der Waals surface area contributed by atoms with Crippen LogP contribution in [0.4, 0.5) is 0 Å². The van der Waals surface area contributed by atoms with Gasteiger partial charge in [0, 0.05) is 12.4 Å². The third-order valence-electron chi connectivity index (χ3n) is 2.64. The number of hydrogen-bond donors (Lipinski definition) is 0. The fourth-order valence-corrected chi connectivity index (χ4v) is 1.63. The minimum Gasteiger partial charge on any atom is -0.465 e. The lowest BCUT2D eigenvalue weighted by Crippen LogP contribution is -2.01. The van der Waals surface area contributed by atoms with E-state index in [-0.39, 0.29) is 5.97 Å². The van der Waals surface area contributed by atoms with E-state index in [0.717, 1.165) is 11.1 Å². The van der Waals surface area contributed by atoms with Crippen molar-refractivity contribution in [2.24, 2.45) is 0 Å². The van der Waals surface area contributed by atoms with Gasteiger partial charge in [-0.15, -0.1) is 0 Å². The van der Waals surface area contributed by atoms with E-state index in [2.05, 4.69) is 9.72 Å².